The van der Waals surface area contributed by atoms with Crippen molar-refractivity contribution in [3.8, 4) is 11.5 Å². The van der Waals surface area contributed by atoms with Gasteiger partial charge < -0.3 is 20.1 Å². The lowest BCUT2D eigenvalue weighted by Crippen LogP contribution is -2.30. The summed E-state index contributed by atoms with van der Waals surface area (Å²) in [7, 11) is 3.02. The summed E-state index contributed by atoms with van der Waals surface area (Å²) in [6.07, 6.45) is 1.53. The molecule has 2 rings (SSSR count). The third kappa shape index (κ3) is 5.34. The number of nitrogens with one attached hydrogen (secondary N) is 2. The maximum Gasteiger partial charge on any atom is 0.319 e. The van der Waals surface area contributed by atoms with Crippen molar-refractivity contribution >= 4 is 17.4 Å². The number of urea groups is 1. The van der Waals surface area contributed by atoms with E-state index in [2.05, 4.69) is 17.6 Å². The van der Waals surface area contributed by atoms with Crippen LogP contribution < -0.4 is 20.1 Å². The van der Waals surface area contributed by atoms with E-state index < -0.39 is 11.0 Å². The van der Waals surface area contributed by atoms with Crippen molar-refractivity contribution in [2.75, 3.05) is 26.1 Å². The number of hydrogen-bond acceptors (Lipinski definition) is 5. The molecule has 144 valence electrons. The van der Waals surface area contributed by atoms with Crippen LogP contribution in [0.4, 0.5) is 16.2 Å². The molecule has 2 aromatic rings. The minimum atomic E-state index is -0.523. The van der Waals surface area contributed by atoms with Gasteiger partial charge in [-0.2, -0.15) is 0 Å². The Balaban J connectivity index is 1.92. The quantitative estimate of drug-likeness (QED) is 0.544. The number of benzene rings is 2. The molecule has 0 radical (unpaired) electrons. The summed E-state index contributed by atoms with van der Waals surface area (Å²) < 4.78 is 10.5. The fourth-order valence-electron chi connectivity index (χ4n) is 2.62. The molecule has 0 heterocycles. The molecule has 0 aromatic heterocycles. The van der Waals surface area contributed by atoms with Gasteiger partial charge in [-0.3, -0.25) is 10.1 Å². The lowest BCUT2D eigenvalue weighted by atomic mass is 10.1. The van der Waals surface area contributed by atoms with Crippen molar-refractivity contribution in [1.82, 2.24) is 5.32 Å². The normalized spacial score (nSPS) is 10.2. The molecule has 8 heteroatoms. The van der Waals surface area contributed by atoms with Crippen LogP contribution in [0, 0.1) is 10.1 Å². The second kappa shape index (κ2) is 9.42. The number of anilines is 1. The van der Waals surface area contributed by atoms with Crippen LogP contribution in [-0.4, -0.2) is 31.7 Å². The molecular formula is C19H23N3O5. The monoisotopic (exact) mass is 373 g/mol. The Hall–Kier alpha value is -3.29. The van der Waals surface area contributed by atoms with Crippen molar-refractivity contribution in [2.24, 2.45) is 0 Å². The Morgan fingerprint density at radius 3 is 2.48 bits per heavy atom. The van der Waals surface area contributed by atoms with E-state index in [1.54, 1.807) is 7.11 Å². The third-order valence-corrected chi connectivity index (χ3v) is 4.08. The fourth-order valence-corrected chi connectivity index (χ4v) is 2.62. The molecule has 8 nitrogen and oxygen atoms in total. The SMILES string of the molecule is CCc1ccc(CCNC(=O)Nc2ccc([N+](=O)[O-])cc2OC)cc1OC. The third-order valence-electron chi connectivity index (χ3n) is 4.08. The number of rotatable bonds is 8. The molecule has 0 spiro atoms. The molecule has 2 amide bonds. The summed E-state index contributed by atoms with van der Waals surface area (Å²) in [5.74, 6) is 1.06. The Bertz CT molecular complexity index is 823. The highest BCUT2D eigenvalue weighted by Gasteiger charge is 2.13. The Morgan fingerprint density at radius 2 is 1.85 bits per heavy atom. The van der Waals surface area contributed by atoms with Crippen molar-refractivity contribution in [3.05, 3.63) is 57.6 Å². The molecule has 0 unspecified atom stereocenters. The summed E-state index contributed by atoms with van der Waals surface area (Å²) in [6, 6.07) is 9.59. The fraction of sp³-hybridized carbons (Fsp3) is 0.316. The lowest BCUT2D eigenvalue weighted by Gasteiger charge is -2.12. The number of amides is 2. The van der Waals surface area contributed by atoms with E-state index in [-0.39, 0.29) is 11.4 Å². The number of non-ortho nitro benzene ring substituents is 1. The predicted molar refractivity (Wildman–Crippen MR) is 103 cm³/mol. The summed E-state index contributed by atoms with van der Waals surface area (Å²) in [5.41, 5.74) is 2.44. The number of nitro groups is 1. The molecule has 0 aliphatic carbocycles. The van der Waals surface area contributed by atoms with Gasteiger partial charge in [-0.15, -0.1) is 0 Å². The maximum absolute atomic E-state index is 12.1. The Kier molecular flexibility index (Phi) is 6.99. The predicted octanol–water partition coefficient (Wildman–Crippen LogP) is 3.54. The molecule has 0 fully saturated rings. The molecular weight excluding hydrogens is 350 g/mol. The van der Waals surface area contributed by atoms with Gasteiger partial charge in [-0.25, -0.2) is 4.79 Å². The molecule has 0 saturated carbocycles. The van der Waals surface area contributed by atoms with Crippen molar-refractivity contribution in [2.45, 2.75) is 19.8 Å². The van der Waals surface area contributed by atoms with Crippen LogP contribution in [0.15, 0.2) is 36.4 Å². The van der Waals surface area contributed by atoms with Gasteiger partial charge in [0, 0.05) is 12.6 Å². The summed E-state index contributed by atoms with van der Waals surface area (Å²) in [5, 5.41) is 16.2. The zero-order valence-corrected chi connectivity index (χ0v) is 15.6. The van der Waals surface area contributed by atoms with Gasteiger partial charge in [0.25, 0.3) is 5.69 Å². The van der Waals surface area contributed by atoms with Crippen LogP contribution in [-0.2, 0) is 12.8 Å². The highest BCUT2D eigenvalue weighted by atomic mass is 16.6. The van der Waals surface area contributed by atoms with E-state index in [1.807, 2.05) is 18.2 Å². The van der Waals surface area contributed by atoms with Crippen LogP contribution in [0.1, 0.15) is 18.1 Å². The molecule has 0 aliphatic heterocycles. The summed E-state index contributed by atoms with van der Waals surface area (Å²) in [6.45, 7) is 2.49. The number of methoxy groups -OCH3 is 2. The largest absolute Gasteiger partial charge is 0.496 e. The second-order valence-electron chi connectivity index (χ2n) is 5.77. The van der Waals surface area contributed by atoms with Crippen LogP contribution in [0.25, 0.3) is 0 Å². The Labute approximate surface area is 157 Å². The van der Waals surface area contributed by atoms with Crippen molar-refractivity contribution in [3.63, 3.8) is 0 Å². The molecule has 0 bridgehead atoms. The molecule has 2 N–H and O–H groups in total. The van der Waals surface area contributed by atoms with Crippen LogP contribution in [0.2, 0.25) is 0 Å². The number of hydrogen-bond donors (Lipinski definition) is 2. The minimum absolute atomic E-state index is 0.109. The van der Waals surface area contributed by atoms with Gasteiger partial charge in [0.05, 0.1) is 30.9 Å². The standard InChI is InChI=1S/C19H23N3O5/c1-4-14-6-5-13(11-17(14)26-2)9-10-20-19(23)21-16-8-7-15(22(24)25)12-18(16)27-3/h5-8,11-12H,4,9-10H2,1-3H3,(H2,20,21,23). The first-order valence-electron chi connectivity index (χ1n) is 8.51. The number of ether oxygens (including phenoxy) is 2. The summed E-state index contributed by atoms with van der Waals surface area (Å²) >= 11 is 0. The zero-order valence-electron chi connectivity index (χ0n) is 15.6. The number of aryl methyl sites for hydroxylation is 1. The van der Waals surface area contributed by atoms with Crippen LogP contribution in [0.3, 0.4) is 0 Å². The topological polar surface area (TPSA) is 103 Å². The second-order valence-corrected chi connectivity index (χ2v) is 5.77. The molecule has 0 aliphatic rings. The average molecular weight is 373 g/mol. The minimum Gasteiger partial charge on any atom is -0.496 e. The average Bonchev–Trinajstić information content (AvgIpc) is 2.67. The van der Waals surface area contributed by atoms with Gasteiger partial charge in [0.1, 0.15) is 11.5 Å². The van der Waals surface area contributed by atoms with Gasteiger partial charge in [0.15, 0.2) is 0 Å². The number of carbonyl (C=O) groups is 1. The highest BCUT2D eigenvalue weighted by molar-refractivity contribution is 5.91. The van der Waals surface area contributed by atoms with E-state index in [0.29, 0.717) is 18.7 Å². The number of nitro benzene ring substituents is 1. The van der Waals surface area contributed by atoms with Gasteiger partial charge in [0.2, 0.25) is 0 Å². The van der Waals surface area contributed by atoms with Gasteiger partial charge in [-0.1, -0.05) is 19.1 Å². The van der Waals surface area contributed by atoms with E-state index >= 15 is 0 Å². The molecule has 0 atom stereocenters. The first-order chi connectivity index (χ1) is 13.0. The van der Waals surface area contributed by atoms with Crippen LogP contribution >= 0.6 is 0 Å². The highest BCUT2D eigenvalue weighted by Crippen LogP contribution is 2.28. The zero-order chi connectivity index (χ0) is 19.8. The number of carbonyl (C=O) groups excluding carboxylic acids is 1. The maximum atomic E-state index is 12.1. The Morgan fingerprint density at radius 1 is 1.11 bits per heavy atom. The van der Waals surface area contributed by atoms with E-state index in [0.717, 1.165) is 23.3 Å². The number of nitrogens with zero attached hydrogens (tertiary/aromatic N) is 1. The summed E-state index contributed by atoms with van der Waals surface area (Å²) in [4.78, 5) is 22.4. The van der Waals surface area contributed by atoms with Crippen LogP contribution in [0.5, 0.6) is 11.5 Å². The van der Waals surface area contributed by atoms with Crippen molar-refractivity contribution in [1.29, 1.82) is 0 Å². The van der Waals surface area contributed by atoms with E-state index in [4.69, 9.17) is 9.47 Å². The first kappa shape index (κ1) is 20.0. The molecule has 0 saturated heterocycles. The lowest BCUT2D eigenvalue weighted by molar-refractivity contribution is -0.384. The molecule has 27 heavy (non-hydrogen) atoms. The van der Waals surface area contributed by atoms with Crippen molar-refractivity contribution < 1.29 is 19.2 Å². The smallest absolute Gasteiger partial charge is 0.319 e. The van der Waals surface area contributed by atoms with Gasteiger partial charge >= 0.3 is 6.03 Å². The van der Waals surface area contributed by atoms with E-state index in [9.17, 15) is 14.9 Å². The first-order valence-corrected chi connectivity index (χ1v) is 8.51. The van der Waals surface area contributed by atoms with E-state index in [1.165, 1.54) is 25.3 Å². The molecule has 2 aromatic carbocycles. The van der Waals surface area contributed by atoms with Gasteiger partial charge in [-0.05, 0) is 36.1 Å².